The Kier molecular flexibility index (Phi) is 3.34. The van der Waals surface area contributed by atoms with E-state index < -0.39 is 0 Å². The molecule has 2 aromatic rings. The smallest absolute Gasteiger partial charge is 0.314 e. The maximum atomic E-state index is 12.5. The number of carbonyl (C=O) groups is 2. The van der Waals surface area contributed by atoms with E-state index in [1.807, 2.05) is 30.3 Å². The average Bonchev–Trinajstić information content (AvgIpc) is 3.09. The zero-order valence-electron chi connectivity index (χ0n) is 12.5. The van der Waals surface area contributed by atoms with Crippen LogP contribution in [0.4, 0.5) is 4.79 Å². The molecule has 1 fully saturated rings. The molecule has 2 amide bonds. The zero-order chi connectivity index (χ0) is 15.8. The molecular weight excluding hydrogens is 296 g/mol. The first-order valence-electron chi connectivity index (χ1n) is 7.51. The summed E-state index contributed by atoms with van der Waals surface area (Å²) in [4.78, 5) is 30.7. The Labute approximate surface area is 133 Å². The van der Waals surface area contributed by atoms with Crippen LogP contribution in [0.2, 0.25) is 0 Å². The molecule has 3 heterocycles. The third-order valence-corrected chi connectivity index (χ3v) is 4.28. The maximum absolute atomic E-state index is 12.5. The van der Waals surface area contributed by atoms with Crippen molar-refractivity contribution in [1.29, 1.82) is 0 Å². The highest BCUT2D eigenvalue weighted by molar-refractivity contribution is 5.77. The number of hydroxylamine groups is 2. The molecule has 0 saturated carbocycles. The van der Waals surface area contributed by atoms with Gasteiger partial charge in [0.05, 0.1) is 31.5 Å². The Hall–Kier alpha value is -2.67. The summed E-state index contributed by atoms with van der Waals surface area (Å²) in [6, 6.07) is 9.43. The van der Waals surface area contributed by atoms with Gasteiger partial charge in [0.25, 0.3) is 0 Å². The summed E-state index contributed by atoms with van der Waals surface area (Å²) in [7, 11) is 0. The van der Waals surface area contributed by atoms with Crippen molar-refractivity contribution in [3.63, 3.8) is 0 Å². The Balaban J connectivity index is 1.57. The lowest BCUT2D eigenvalue weighted by Gasteiger charge is -2.23. The van der Waals surface area contributed by atoms with Gasteiger partial charge in [-0.25, -0.2) is 4.79 Å². The number of amides is 2. The van der Waals surface area contributed by atoms with Crippen LogP contribution in [0.3, 0.4) is 0 Å². The molecule has 7 nitrogen and oxygen atoms in total. The van der Waals surface area contributed by atoms with Gasteiger partial charge in [0.1, 0.15) is 18.9 Å². The van der Waals surface area contributed by atoms with Crippen molar-refractivity contribution in [2.24, 2.45) is 0 Å². The molecule has 2 aliphatic rings. The number of urea groups is 1. The summed E-state index contributed by atoms with van der Waals surface area (Å²) in [5.74, 6) is 0. The van der Waals surface area contributed by atoms with Gasteiger partial charge in [-0.1, -0.05) is 30.3 Å². The second-order valence-corrected chi connectivity index (χ2v) is 5.66. The summed E-state index contributed by atoms with van der Waals surface area (Å²) in [6.45, 7) is 1.60. The van der Waals surface area contributed by atoms with E-state index in [0.29, 0.717) is 19.7 Å². The molecule has 7 heteroatoms. The lowest BCUT2D eigenvalue weighted by atomic mass is 10.1. The first-order valence-corrected chi connectivity index (χ1v) is 7.51. The minimum atomic E-state index is -0.171. The van der Waals surface area contributed by atoms with Crippen LogP contribution in [0.15, 0.2) is 36.5 Å². The normalized spacial score (nSPS) is 19.1. The molecule has 4 rings (SSSR count). The van der Waals surface area contributed by atoms with Crippen molar-refractivity contribution in [3.8, 4) is 0 Å². The number of carbonyl (C=O) groups excluding carboxylic acids is 2. The number of hydrogen-bond donors (Lipinski definition) is 0. The van der Waals surface area contributed by atoms with Gasteiger partial charge >= 0.3 is 6.03 Å². The third kappa shape index (κ3) is 2.29. The maximum Gasteiger partial charge on any atom is 0.345 e. The summed E-state index contributed by atoms with van der Waals surface area (Å²) < 4.78 is 1.65. The van der Waals surface area contributed by atoms with E-state index >= 15 is 0 Å². The first kappa shape index (κ1) is 14.0. The largest absolute Gasteiger partial charge is 0.345 e. The number of rotatable bonds is 5. The lowest BCUT2D eigenvalue weighted by molar-refractivity contribution is -0.141. The van der Waals surface area contributed by atoms with Crippen molar-refractivity contribution < 1.29 is 14.4 Å². The molecular formula is C16H16N4O3. The van der Waals surface area contributed by atoms with E-state index in [-0.39, 0.29) is 18.6 Å². The van der Waals surface area contributed by atoms with Crippen LogP contribution in [-0.4, -0.2) is 38.6 Å². The Morgan fingerprint density at radius 3 is 2.91 bits per heavy atom. The molecule has 0 spiro atoms. The second kappa shape index (κ2) is 5.51. The van der Waals surface area contributed by atoms with Crippen LogP contribution in [0.5, 0.6) is 0 Å². The molecule has 0 radical (unpaired) electrons. The lowest BCUT2D eigenvalue weighted by Crippen LogP contribution is -2.31. The van der Waals surface area contributed by atoms with E-state index in [1.54, 1.807) is 15.8 Å². The SMILES string of the molecule is O=CCn1ncc2c1CN1CC2N(OCc2ccccc2)C1=O. The molecule has 2 aliphatic heterocycles. The van der Waals surface area contributed by atoms with Crippen molar-refractivity contribution in [3.05, 3.63) is 53.3 Å². The van der Waals surface area contributed by atoms with Crippen molar-refractivity contribution >= 4 is 12.3 Å². The Morgan fingerprint density at radius 1 is 1.30 bits per heavy atom. The fraction of sp³-hybridized carbons (Fsp3) is 0.312. The topological polar surface area (TPSA) is 67.7 Å². The minimum Gasteiger partial charge on any atom is -0.314 e. The van der Waals surface area contributed by atoms with Gasteiger partial charge in [0.2, 0.25) is 0 Å². The van der Waals surface area contributed by atoms with Crippen molar-refractivity contribution in [2.45, 2.75) is 25.7 Å². The van der Waals surface area contributed by atoms with Gasteiger partial charge < -0.3 is 9.69 Å². The van der Waals surface area contributed by atoms with Crippen molar-refractivity contribution in [2.75, 3.05) is 6.54 Å². The summed E-state index contributed by atoms with van der Waals surface area (Å²) in [5, 5.41) is 5.69. The van der Waals surface area contributed by atoms with Crippen LogP contribution in [0.1, 0.15) is 22.9 Å². The highest BCUT2D eigenvalue weighted by atomic mass is 16.7. The predicted octanol–water partition coefficient (Wildman–Crippen LogP) is 1.51. The molecule has 0 aliphatic carbocycles. The number of fused-ring (bicyclic) bond motifs is 4. The van der Waals surface area contributed by atoms with Gasteiger partial charge in [-0.3, -0.25) is 9.52 Å². The molecule has 2 bridgehead atoms. The Bertz CT molecular complexity index is 743. The average molecular weight is 312 g/mol. The van der Waals surface area contributed by atoms with Gasteiger partial charge in [-0.05, 0) is 5.56 Å². The summed E-state index contributed by atoms with van der Waals surface area (Å²) in [5.41, 5.74) is 2.88. The molecule has 118 valence electrons. The monoisotopic (exact) mass is 312 g/mol. The number of hydrogen-bond acceptors (Lipinski definition) is 4. The highest BCUT2D eigenvalue weighted by Gasteiger charge is 2.45. The third-order valence-electron chi connectivity index (χ3n) is 4.28. The van der Waals surface area contributed by atoms with Crippen LogP contribution in [0, 0.1) is 0 Å². The van der Waals surface area contributed by atoms with E-state index in [9.17, 15) is 9.59 Å². The molecule has 1 aromatic carbocycles. The van der Waals surface area contributed by atoms with E-state index in [0.717, 1.165) is 23.1 Å². The fourth-order valence-electron chi connectivity index (χ4n) is 3.14. The molecule has 23 heavy (non-hydrogen) atoms. The van der Waals surface area contributed by atoms with E-state index in [1.165, 1.54) is 5.06 Å². The minimum absolute atomic E-state index is 0.139. The molecule has 1 unspecified atom stereocenters. The zero-order valence-corrected chi connectivity index (χ0v) is 12.5. The van der Waals surface area contributed by atoms with Gasteiger partial charge in [0.15, 0.2) is 0 Å². The Morgan fingerprint density at radius 2 is 2.13 bits per heavy atom. The van der Waals surface area contributed by atoms with Crippen LogP contribution < -0.4 is 0 Å². The number of benzene rings is 1. The highest BCUT2D eigenvalue weighted by Crippen LogP contribution is 2.37. The predicted molar refractivity (Wildman–Crippen MR) is 79.9 cm³/mol. The number of aldehydes is 1. The van der Waals surface area contributed by atoms with Crippen LogP contribution in [-0.2, 0) is 29.3 Å². The molecule has 1 aromatic heterocycles. The summed E-state index contributed by atoms with van der Waals surface area (Å²) >= 11 is 0. The standard InChI is InChI=1S/C16H16N4O3/c21-7-6-19-14-9-18-10-15(13(14)8-17-19)20(16(18)22)23-11-12-4-2-1-3-5-12/h1-5,7-8,15H,6,9-11H2. The van der Waals surface area contributed by atoms with E-state index in [4.69, 9.17) is 4.84 Å². The van der Waals surface area contributed by atoms with Gasteiger partial charge in [-0.15, -0.1) is 0 Å². The first-order chi connectivity index (χ1) is 11.3. The quantitative estimate of drug-likeness (QED) is 0.785. The second-order valence-electron chi connectivity index (χ2n) is 5.66. The molecule has 1 atom stereocenters. The summed E-state index contributed by atoms with van der Waals surface area (Å²) in [6.07, 6.45) is 2.54. The van der Waals surface area contributed by atoms with Crippen LogP contribution in [0.25, 0.3) is 0 Å². The van der Waals surface area contributed by atoms with Gasteiger partial charge in [0, 0.05) is 5.56 Å². The molecule has 0 N–H and O–H groups in total. The van der Waals surface area contributed by atoms with Crippen molar-refractivity contribution in [1.82, 2.24) is 19.7 Å². The number of nitrogens with zero attached hydrogens (tertiary/aromatic N) is 4. The van der Waals surface area contributed by atoms with Gasteiger partial charge in [-0.2, -0.15) is 10.2 Å². The van der Waals surface area contributed by atoms with Crippen LogP contribution >= 0.6 is 0 Å². The number of aromatic nitrogens is 2. The fourth-order valence-corrected chi connectivity index (χ4v) is 3.14. The van der Waals surface area contributed by atoms with E-state index in [2.05, 4.69) is 5.10 Å². The molecule has 1 saturated heterocycles.